The first-order valence-electron chi connectivity index (χ1n) is 5.11. The molecule has 0 aromatic rings. The number of hydrogen-bond acceptors (Lipinski definition) is 5. The first-order valence-corrected chi connectivity index (χ1v) is 6.55. The first kappa shape index (κ1) is 15.7. The van der Waals surface area contributed by atoms with E-state index in [0.29, 0.717) is 6.42 Å². The Hall–Kier alpha value is -1.35. The number of ether oxygens (including phenoxy) is 1. The number of nitrogens with zero attached hydrogens (tertiary/aromatic N) is 1. The van der Waals surface area contributed by atoms with Gasteiger partial charge >= 0.3 is 16.3 Å². The van der Waals surface area contributed by atoms with Gasteiger partial charge in [0.1, 0.15) is 5.84 Å². The second-order valence-electron chi connectivity index (χ2n) is 3.19. The van der Waals surface area contributed by atoms with E-state index in [1.54, 1.807) is 18.6 Å². The molecular formula is C8H18N4O4S. The average molecular weight is 266 g/mol. The molecule has 0 aromatic carbocycles. The van der Waals surface area contributed by atoms with Crippen LogP contribution in [-0.4, -0.2) is 44.3 Å². The number of rotatable bonds is 7. The Bertz CT molecular complexity index is 368. The van der Waals surface area contributed by atoms with Crippen LogP contribution in [0.25, 0.3) is 0 Å². The summed E-state index contributed by atoms with van der Waals surface area (Å²) in [5, 5.41) is 7.07. The molecule has 0 aromatic heterocycles. The van der Waals surface area contributed by atoms with Gasteiger partial charge in [-0.25, -0.2) is 9.52 Å². The maximum Gasteiger partial charge on any atom is 0.421 e. The molecule has 0 bridgehead atoms. The number of carbonyl (C=O) groups is 1. The van der Waals surface area contributed by atoms with Crippen molar-refractivity contribution in [3.8, 4) is 0 Å². The molecule has 0 saturated heterocycles. The lowest BCUT2D eigenvalue weighted by Crippen LogP contribution is -2.47. The summed E-state index contributed by atoms with van der Waals surface area (Å²) < 4.78 is 30.5. The molecule has 0 aliphatic carbocycles. The summed E-state index contributed by atoms with van der Waals surface area (Å²) >= 11 is 0. The third-order valence-electron chi connectivity index (χ3n) is 1.65. The predicted octanol–water partition coefficient (Wildman–Crippen LogP) is -0.375. The molecule has 8 nitrogen and oxygen atoms in total. The Morgan fingerprint density at radius 1 is 1.47 bits per heavy atom. The fourth-order valence-corrected chi connectivity index (χ4v) is 2.18. The predicted molar refractivity (Wildman–Crippen MR) is 62.9 cm³/mol. The fraction of sp³-hybridized carbons (Fsp3) is 0.750. The Morgan fingerprint density at radius 2 is 2.06 bits per heavy atom. The van der Waals surface area contributed by atoms with Crippen LogP contribution >= 0.6 is 0 Å². The van der Waals surface area contributed by atoms with Gasteiger partial charge in [-0.2, -0.15) is 12.7 Å². The van der Waals surface area contributed by atoms with Crippen LogP contribution in [0.3, 0.4) is 0 Å². The molecule has 4 N–H and O–H groups in total. The van der Waals surface area contributed by atoms with Gasteiger partial charge in [0, 0.05) is 6.54 Å². The van der Waals surface area contributed by atoms with E-state index in [9.17, 15) is 13.2 Å². The highest BCUT2D eigenvalue weighted by atomic mass is 32.2. The van der Waals surface area contributed by atoms with Gasteiger partial charge in [0.15, 0.2) is 0 Å². The second-order valence-corrected chi connectivity index (χ2v) is 4.86. The number of nitrogens with two attached hydrogens (primary N) is 1. The summed E-state index contributed by atoms with van der Waals surface area (Å²) in [6.07, 6.45) is -0.506. The van der Waals surface area contributed by atoms with Crippen molar-refractivity contribution in [1.29, 1.82) is 5.41 Å². The normalized spacial score (nSPS) is 11.2. The van der Waals surface area contributed by atoms with Crippen molar-refractivity contribution in [2.45, 2.75) is 20.3 Å². The first-order chi connectivity index (χ1) is 7.83. The van der Waals surface area contributed by atoms with Crippen LogP contribution in [0, 0.1) is 5.41 Å². The van der Waals surface area contributed by atoms with Crippen LogP contribution in [0.15, 0.2) is 0 Å². The number of carbonyl (C=O) groups excluding carboxylic acids is 1. The maximum atomic E-state index is 11.7. The highest BCUT2D eigenvalue weighted by Gasteiger charge is 2.24. The number of amidine groups is 1. The quantitative estimate of drug-likeness (QED) is 0.428. The van der Waals surface area contributed by atoms with E-state index in [2.05, 4.69) is 4.74 Å². The zero-order valence-corrected chi connectivity index (χ0v) is 10.7. The lowest BCUT2D eigenvalue weighted by molar-refractivity contribution is 0.158. The Balaban J connectivity index is 4.70. The van der Waals surface area contributed by atoms with E-state index in [1.165, 1.54) is 0 Å². The van der Waals surface area contributed by atoms with E-state index in [4.69, 9.17) is 11.1 Å². The standard InChI is InChI=1S/C8H18N4O4S/c1-3-5-12(6-7(9)10)17(14,15)11-8(13)16-4-2/h3-6H2,1-2H3,(H3,9,10)(H,11,13). The zero-order valence-electron chi connectivity index (χ0n) is 9.89. The van der Waals surface area contributed by atoms with Gasteiger partial charge in [0.05, 0.1) is 13.2 Å². The Kier molecular flexibility index (Phi) is 6.51. The molecule has 0 unspecified atom stereocenters. The minimum atomic E-state index is -4.01. The van der Waals surface area contributed by atoms with Crippen molar-refractivity contribution in [3.63, 3.8) is 0 Å². The molecule has 0 aliphatic heterocycles. The lowest BCUT2D eigenvalue weighted by atomic mass is 10.4. The van der Waals surface area contributed by atoms with Gasteiger partial charge in [-0.1, -0.05) is 6.92 Å². The molecule has 0 heterocycles. The smallest absolute Gasteiger partial charge is 0.421 e. The number of hydrogen-bond donors (Lipinski definition) is 3. The van der Waals surface area contributed by atoms with Crippen LogP contribution in [0.1, 0.15) is 20.3 Å². The molecule has 0 fully saturated rings. The molecule has 100 valence electrons. The zero-order chi connectivity index (χ0) is 13.5. The molecular weight excluding hydrogens is 248 g/mol. The van der Waals surface area contributed by atoms with Gasteiger partial charge in [-0.15, -0.1) is 0 Å². The summed E-state index contributed by atoms with van der Waals surface area (Å²) in [6.45, 7) is 3.30. The molecule has 0 rings (SSSR count). The summed E-state index contributed by atoms with van der Waals surface area (Å²) in [5.41, 5.74) is 5.14. The van der Waals surface area contributed by atoms with Crippen LogP contribution in [0.4, 0.5) is 4.79 Å². The summed E-state index contributed by atoms with van der Waals surface area (Å²) in [5.74, 6) is -0.298. The van der Waals surface area contributed by atoms with Crippen LogP contribution in [0.2, 0.25) is 0 Å². The van der Waals surface area contributed by atoms with Crippen molar-refractivity contribution >= 4 is 22.1 Å². The van der Waals surface area contributed by atoms with Crippen LogP contribution < -0.4 is 10.5 Å². The molecule has 0 radical (unpaired) electrons. The summed E-state index contributed by atoms with van der Waals surface area (Å²) in [4.78, 5) is 11.0. The van der Waals surface area contributed by atoms with Gasteiger partial charge in [0.25, 0.3) is 0 Å². The highest BCUT2D eigenvalue weighted by molar-refractivity contribution is 7.87. The minimum absolute atomic E-state index is 0.0713. The summed E-state index contributed by atoms with van der Waals surface area (Å²) in [6, 6.07) is 0. The molecule has 9 heteroatoms. The molecule has 1 amide bonds. The molecule has 17 heavy (non-hydrogen) atoms. The van der Waals surface area contributed by atoms with Gasteiger partial charge in [-0.05, 0) is 13.3 Å². The largest absolute Gasteiger partial charge is 0.449 e. The van der Waals surface area contributed by atoms with E-state index in [-0.39, 0.29) is 25.5 Å². The second kappa shape index (κ2) is 7.07. The monoisotopic (exact) mass is 266 g/mol. The minimum Gasteiger partial charge on any atom is -0.449 e. The highest BCUT2D eigenvalue weighted by Crippen LogP contribution is 2.00. The average Bonchev–Trinajstić information content (AvgIpc) is 2.15. The number of amides is 1. The van der Waals surface area contributed by atoms with Gasteiger partial charge in [0.2, 0.25) is 0 Å². The topological polar surface area (TPSA) is 126 Å². The van der Waals surface area contributed by atoms with Gasteiger partial charge < -0.3 is 10.5 Å². The third-order valence-corrected chi connectivity index (χ3v) is 3.06. The van der Waals surface area contributed by atoms with Crippen molar-refractivity contribution in [3.05, 3.63) is 0 Å². The van der Waals surface area contributed by atoms with Crippen molar-refractivity contribution in [2.24, 2.45) is 5.73 Å². The van der Waals surface area contributed by atoms with Crippen molar-refractivity contribution in [1.82, 2.24) is 9.03 Å². The van der Waals surface area contributed by atoms with E-state index >= 15 is 0 Å². The van der Waals surface area contributed by atoms with E-state index in [1.807, 2.05) is 0 Å². The maximum absolute atomic E-state index is 11.7. The Labute approximate surface area is 101 Å². The SMILES string of the molecule is CCCN(CC(=N)N)S(=O)(=O)NC(=O)OCC. The van der Waals surface area contributed by atoms with Crippen LogP contribution in [-0.2, 0) is 14.9 Å². The Morgan fingerprint density at radius 3 is 2.47 bits per heavy atom. The fourth-order valence-electron chi connectivity index (χ4n) is 1.05. The van der Waals surface area contributed by atoms with Crippen molar-refractivity contribution < 1.29 is 17.9 Å². The molecule has 0 saturated carbocycles. The van der Waals surface area contributed by atoms with Crippen LogP contribution in [0.5, 0.6) is 0 Å². The van der Waals surface area contributed by atoms with Gasteiger partial charge in [-0.3, -0.25) is 5.41 Å². The van der Waals surface area contributed by atoms with E-state index in [0.717, 1.165) is 4.31 Å². The molecule has 0 spiro atoms. The molecule has 0 atom stereocenters. The molecule has 0 aliphatic rings. The summed E-state index contributed by atoms with van der Waals surface area (Å²) in [7, 11) is -4.01. The van der Waals surface area contributed by atoms with Crippen molar-refractivity contribution in [2.75, 3.05) is 19.7 Å². The van der Waals surface area contributed by atoms with E-state index < -0.39 is 16.3 Å². The third kappa shape index (κ3) is 6.07. The number of nitrogens with one attached hydrogen (secondary N) is 2. The lowest BCUT2D eigenvalue weighted by Gasteiger charge is -2.20.